The van der Waals surface area contributed by atoms with Crippen molar-refractivity contribution in [2.45, 2.75) is 18.9 Å². The van der Waals surface area contributed by atoms with Crippen molar-refractivity contribution in [2.75, 3.05) is 37.6 Å². The number of hydrogen-bond donors (Lipinski definition) is 2. The number of nitrogens with one attached hydrogen (secondary N) is 2. The molecule has 0 radical (unpaired) electrons. The van der Waals surface area contributed by atoms with Crippen molar-refractivity contribution in [1.29, 1.82) is 0 Å². The molecule has 0 aliphatic carbocycles. The molecule has 0 aromatic rings. The number of carbonyl (C=O) groups excluding carboxylic acids is 1. The van der Waals surface area contributed by atoms with Crippen molar-refractivity contribution in [3.63, 3.8) is 0 Å². The minimum atomic E-state index is -3.06. The lowest BCUT2D eigenvalue weighted by atomic mass is 10.2. The van der Waals surface area contributed by atoms with Gasteiger partial charge in [0.2, 0.25) is 5.91 Å². The molecule has 0 fully saturated rings. The van der Waals surface area contributed by atoms with E-state index in [0.29, 0.717) is 18.7 Å². The van der Waals surface area contributed by atoms with Crippen LogP contribution in [0.5, 0.6) is 0 Å². The third kappa shape index (κ3) is 9.69. The highest BCUT2D eigenvalue weighted by Gasteiger charge is 2.17. The summed E-state index contributed by atoms with van der Waals surface area (Å²) in [5.41, 5.74) is 0. The van der Waals surface area contributed by atoms with E-state index in [1.54, 1.807) is 13.3 Å². The highest BCUT2D eigenvalue weighted by molar-refractivity contribution is 7.90. The van der Waals surface area contributed by atoms with E-state index in [2.05, 4.69) is 10.6 Å². The minimum Gasteiger partial charge on any atom is -0.617 e. The first-order valence-electron chi connectivity index (χ1n) is 5.69. The molecule has 0 spiro atoms. The van der Waals surface area contributed by atoms with Gasteiger partial charge in [0.25, 0.3) is 0 Å². The molecule has 0 aliphatic heterocycles. The standard InChI is InChI=1S/C10H22N2O4S2/c1-11-9(5-8-18(3,15)16)10(13)12-6-4-7-17(2)14/h9,11H,4-8H2,1-3H3,(H,12,13). The summed E-state index contributed by atoms with van der Waals surface area (Å²) in [7, 11) is -1.44. The monoisotopic (exact) mass is 298 g/mol. The van der Waals surface area contributed by atoms with E-state index in [1.807, 2.05) is 0 Å². The lowest BCUT2D eigenvalue weighted by molar-refractivity contribution is -0.123. The average Bonchev–Trinajstić information content (AvgIpc) is 2.23. The fourth-order valence-electron chi connectivity index (χ4n) is 1.35. The maximum atomic E-state index is 11.7. The van der Waals surface area contributed by atoms with Crippen LogP contribution in [-0.2, 0) is 25.8 Å². The van der Waals surface area contributed by atoms with Gasteiger partial charge in [0.15, 0.2) is 0 Å². The number of amides is 1. The van der Waals surface area contributed by atoms with Crippen molar-refractivity contribution in [3.05, 3.63) is 0 Å². The second kappa shape index (κ2) is 8.73. The second-order valence-electron chi connectivity index (χ2n) is 4.18. The molecule has 6 nitrogen and oxygen atoms in total. The Morgan fingerprint density at radius 2 is 2.06 bits per heavy atom. The molecule has 2 N–H and O–H groups in total. The maximum absolute atomic E-state index is 11.7. The van der Waals surface area contributed by atoms with E-state index >= 15 is 0 Å². The lowest BCUT2D eigenvalue weighted by Gasteiger charge is -2.15. The number of carbonyl (C=O) groups is 1. The molecule has 2 unspecified atom stereocenters. The molecule has 0 aliphatic rings. The minimum absolute atomic E-state index is 0.0229. The van der Waals surface area contributed by atoms with Gasteiger partial charge in [0, 0.05) is 19.2 Å². The predicted molar refractivity (Wildman–Crippen MR) is 73.7 cm³/mol. The summed E-state index contributed by atoms with van der Waals surface area (Å²) >= 11 is -0.854. The van der Waals surface area contributed by atoms with Gasteiger partial charge in [0.05, 0.1) is 18.1 Å². The topological polar surface area (TPSA) is 98.3 Å². The average molecular weight is 298 g/mol. The van der Waals surface area contributed by atoms with Crippen molar-refractivity contribution in [1.82, 2.24) is 10.6 Å². The Hall–Kier alpha value is -0.310. The molecule has 0 aromatic carbocycles. The Bertz CT molecular complexity index is 344. The zero-order valence-electron chi connectivity index (χ0n) is 11.1. The fourth-order valence-corrected chi connectivity index (χ4v) is 2.56. The Kier molecular flexibility index (Phi) is 8.58. The summed E-state index contributed by atoms with van der Waals surface area (Å²) < 4.78 is 32.8. The van der Waals surface area contributed by atoms with Crippen molar-refractivity contribution in [2.24, 2.45) is 0 Å². The third-order valence-electron chi connectivity index (χ3n) is 2.35. The normalized spacial score (nSPS) is 15.1. The van der Waals surface area contributed by atoms with Crippen LogP contribution in [0.1, 0.15) is 12.8 Å². The zero-order chi connectivity index (χ0) is 14.2. The number of hydrogen-bond acceptors (Lipinski definition) is 5. The van der Waals surface area contributed by atoms with Gasteiger partial charge in [-0.3, -0.25) is 4.79 Å². The number of rotatable bonds is 9. The maximum Gasteiger partial charge on any atom is 0.237 e. The van der Waals surface area contributed by atoms with E-state index in [4.69, 9.17) is 0 Å². The molecule has 0 bridgehead atoms. The number of likely N-dealkylation sites (N-methyl/N-ethyl adjacent to an activating group) is 1. The number of sulfone groups is 1. The summed E-state index contributed by atoms with van der Waals surface area (Å²) in [5, 5.41) is 5.48. The first kappa shape index (κ1) is 17.7. The van der Waals surface area contributed by atoms with E-state index in [1.165, 1.54) is 0 Å². The first-order chi connectivity index (χ1) is 8.26. The largest absolute Gasteiger partial charge is 0.617 e. The molecule has 8 heteroatoms. The van der Waals surface area contributed by atoms with E-state index < -0.39 is 27.1 Å². The predicted octanol–water partition coefficient (Wildman–Crippen LogP) is -1.11. The van der Waals surface area contributed by atoms with Gasteiger partial charge in [-0.15, -0.1) is 0 Å². The van der Waals surface area contributed by atoms with E-state index in [-0.39, 0.29) is 18.1 Å². The molecule has 0 heterocycles. The Morgan fingerprint density at radius 1 is 1.44 bits per heavy atom. The van der Waals surface area contributed by atoms with Crippen LogP contribution in [0, 0.1) is 0 Å². The van der Waals surface area contributed by atoms with Gasteiger partial charge < -0.3 is 15.2 Å². The van der Waals surface area contributed by atoms with Gasteiger partial charge in [0.1, 0.15) is 15.6 Å². The van der Waals surface area contributed by atoms with E-state index in [9.17, 15) is 17.8 Å². The van der Waals surface area contributed by atoms with Gasteiger partial charge in [-0.05, 0) is 13.5 Å². The van der Waals surface area contributed by atoms with Crippen LogP contribution >= 0.6 is 0 Å². The van der Waals surface area contributed by atoms with Crippen LogP contribution in [-0.4, -0.2) is 62.5 Å². The molecule has 2 atom stereocenters. The SMILES string of the molecule is CNC(CCS(C)(=O)=O)C(=O)NCCC[S+](C)[O-]. The van der Waals surface area contributed by atoms with Crippen LogP contribution in [0.3, 0.4) is 0 Å². The summed E-state index contributed by atoms with van der Waals surface area (Å²) in [4.78, 5) is 11.7. The van der Waals surface area contributed by atoms with Crippen LogP contribution in [0.15, 0.2) is 0 Å². The Morgan fingerprint density at radius 3 is 2.50 bits per heavy atom. The summed E-state index contributed by atoms with van der Waals surface area (Å²) in [6, 6.07) is -0.508. The Labute approximate surface area is 112 Å². The van der Waals surface area contributed by atoms with Crippen LogP contribution in [0.2, 0.25) is 0 Å². The van der Waals surface area contributed by atoms with Gasteiger partial charge in [-0.2, -0.15) is 0 Å². The summed E-state index contributed by atoms with van der Waals surface area (Å²) in [6.45, 7) is 0.454. The smallest absolute Gasteiger partial charge is 0.237 e. The van der Waals surface area contributed by atoms with Gasteiger partial charge in [-0.1, -0.05) is 11.2 Å². The first-order valence-corrected chi connectivity index (χ1v) is 9.47. The third-order valence-corrected chi connectivity index (χ3v) is 4.19. The molecule has 0 rings (SSSR count). The van der Waals surface area contributed by atoms with Crippen LogP contribution in [0.4, 0.5) is 0 Å². The summed E-state index contributed by atoms with van der Waals surface area (Å²) in [6.07, 6.45) is 3.66. The van der Waals surface area contributed by atoms with Crippen molar-refractivity contribution in [3.8, 4) is 0 Å². The summed E-state index contributed by atoms with van der Waals surface area (Å²) in [5.74, 6) is 0.307. The van der Waals surface area contributed by atoms with Crippen LogP contribution in [0.25, 0.3) is 0 Å². The highest BCUT2D eigenvalue weighted by Crippen LogP contribution is 1.97. The molecule has 1 amide bonds. The lowest BCUT2D eigenvalue weighted by Crippen LogP contribution is -2.44. The van der Waals surface area contributed by atoms with Crippen molar-refractivity contribution < 1.29 is 17.8 Å². The zero-order valence-corrected chi connectivity index (χ0v) is 12.7. The molecule has 108 valence electrons. The van der Waals surface area contributed by atoms with Crippen LogP contribution < -0.4 is 10.6 Å². The quantitative estimate of drug-likeness (QED) is 0.416. The molecule has 0 saturated heterocycles. The molecular weight excluding hydrogens is 276 g/mol. The molecule has 0 saturated carbocycles. The second-order valence-corrected chi connectivity index (χ2v) is 8.00. The Balaban J connectivity index is 3.96. The molecule has 18 heavy (non-hydrogen) atoms. The van der Waals surface area contributed by atoms with Gasteiger partial charge in [-0.25, -0.2) is 8.42 Å². The fraction of sp³-hybridized carbons (Fsp3) is 0.900. The van der Waals surface area contributed by atoms with Gasteiger partial charge >= 0.3 is 0 Å². The molecular formula is C10H22N2O4S2. The highest BCUT2D eigenvalue weighted by atomic mass is 32.2. The van der Waals surface area contributed by atoms with Crippen molar-refractivity contribution >= 4 is 26.9 Å². The van der Waals surface area contributed by atoms with E-state index in [0.717, 1.165) is 6.26 Å². The molecule has 0 aromatic heterocycles.